The van der Waals surface area contributed by atoms with E-state index in [0.717, 1.165) is 0 Å². The van der Waals surface area contributed by atoms with E-state index in [0.29, 0.717) is 0 Å². The third kappa shape index (κ3) is 4.10. The van der Waals surface area contributed by atoms with Crippen LogP contribution in [0.3, 0.4) is 0 Å². The molecular formula is C6H10N2O3. The Morgan fingerprint density at radius 3 is 2.45 bits per heavy atom. The molecule has 5 nitrogen and oxygen atoms in total. The lowest BCUT2D eigenvalue weighted by molar-refractivity contribution is -0.123. The highest BCUT2D eigenvalue weighted by molar-refractivity contribution is 5.96. The number of primary amides is 1. The third-order valence-corrected chi connectivity index (χ3v) is 0.999. The van der Waals surface area contributed by atoms with E-state index in [1.807, 2.05) is 0 Å². The maximum Gasteiger partial charge on any atom is 0.244 e. The van der Waals surface area contributed by atoms with Gasteiger partial charge >= 0.3 is 0 Å². The lowest BCUT2D eigenvalue weighted by Gasteiger charge is -2.00. The van der Waals surface area contributed by atoms with E-state index in [4.69, 9.17) is 10.8 Å². The number of rotatable bonds is 4. The van der Waals surface area contributed by atoms with Crippen LogP contribution in [0.25, 0.3) is 0 Å². The number of hydrogen-bond donors (Lipinski definition) is 3. The van der Waals surface area contributed by atoms with Gasteiger partial charge in [-0.1, -0.05) is 6.58 Å². The molecule has 11 heavy (non-hydrogen) atoms. The maximum atomic E-state index is 10.6. The van der Waals surface area contributed by atoms with Crippen LogP contribution >= 0.6 is 0 Å². The molecule has 0 saturated heterocycles. The lowest BCUT2D eigenvalue weighted by atomic mass is 10.2. The number of hydrogen-bond acceptors (Lipinski definition) is 3. The predicted molar refractivity (Wildman–Crippen MR) is 38.2 cm³/mol. The minimum atomic E-state index is -0.710. The van der Waals surface area contributed by atoms with E-state index in [-0.39, 0.29) is 12.0 Å². The fourth-order valence-corrected chi connectivity index (χ4v) is 0.432. The van der Waals surface area contributed by atoms with Gasteiger partial charge in [-0.2, -0.15) is 0 Å². The number of amides is 2. The topological polar surface area (TPSA) is 92.4 Å². The zero-order valence-corrected chi connectivity index (χ0v) is 5.96. The number of carbonyl (C=O) groups is 2. The molecule has 0 aromatic heterocycles. The summed E-state index contributed by atoms with van der Waals surface area (Å²) >= 11 is 0. The van der Waals surface area contributed by atoms with E-state index >= 15 is 0 Å². The molecule has 0 aliphatic carbocycles. The molecule has 0 aliphatic heterocycles. The fourth-order valence-electron chi connectivity index (χ4n) is 0.432. The summed E-state index contributed by atoms with van der Waals surface area (Å²) in [7, 11) is 0. The first-order chi connectivity index (χ1) is 5.07. The first kappa shape index (κ1) is 9.64. The van der Waals surface area contributed by atoms with Crippen LogP contribution in [0, 0.1) is 0 Å². The number of nitrogens with one attached hydrogen (secondary N) is 1. The molecule has 0 unspecified atom stereocenters. The Morgan fingerprint density at radius 2 is 2.09 bits per heavy atom. The van der Waals surface area contributed by atoms with E-state index in [2.05, 4.69) is 11.9 Å². The standard InChI is InChI=1S/C6H10N2O3/c1-4(6(7)11)2-5(10)8-3-9/h9H,1-3H2,(H2,7,11)(H,8,10). The van der Waals surface area contributed by atoms with E-state index < -0.39 is 18.5 Å². The third-order valence-electron chi connectivity index (χ3n) is 0.999. The van der Waals surface area contributed by atoms with E-state index in [9.17, 15) is 9.59 Å². The highest BCUT2D eigenvalue weighted by Gasteiger charge is 2.06. The predicted octanol–water partition coefficient (Wildman–Crippen LogP) is -1.52. The molecule has 0 rings (SSSR count). The molecule has 0 radical (unpaired) electrons. The summed E-state index contributed by atoms with van der Waals surface area (Å²) in [4.78, 5) is 20.9. The molecule has 4 N–H and O–H groups in total. The van der Waals surface area contributed by atoms with Crippen molar-refractivity contribution < 1.29 is 14.7 Å². The summed E-state index contributed by atoms with van der Waals surface area (Å²) in [5.41, 5.74) is 4.82. The summed E-state index contributed by atoms with van der Waals surface area (Å²) in [5.74, 6) is -1.19. The Balaban J connectivity index is 3.76. The van der Waals surface area contributed by atoms with Crippen molar-refractivity contribution in [2.75, 3.05) is 6.73 Å². The summed E-state index contributed by atoms with van der Waals surface area (Å²) in [6, 6.07) is 0. The smallest absolute Gasteiger partial charge is 0.244 e. The second-order valence-corrected chi connectivity index (χ2v) is 1.90. The molecule has 5 heteroatoms. The van der Waals surface area contributed by atoms with Crippen molar-refractivity contribution >= 4 is 11.8 Å². The summed E-state index contributed by atoms with van der Waals surface area (Å²) in [6.07, 6.45) is -0.171. The van der Waals surface area contributed by atoms with Crippen molar-refractivity contribution in [3.8, 4) is 0 Å². The van der Waals surface area contributed by atoms with Gasteiger partial charge in [0.15, 0.2) is 0 Å². The van der Waals surface area contributed by atoms with Crippen molar-refractivity contribution in [1.82, 2.24) is 5.32 Å². The molecule has 0 aromatic rings. The highest BCUT2D eigenvalue weighted by atomic mass is 16.3. The van der Waals surface area contributed by atoms with Crippen molar-refractivity contribution in [2.24, 2.45) is 5.73 Å². The second kappa shape index (κ2) is 4.45. The van der Waals surface area contributed by atoms with Crippen molar-refractivity contribution in [1.29, 1.82) is 0 Å². The minimum Gasteiger partial charge on any atom is -0.377 e. The van der Waals surface area contributed by atoms with Crippen LogP contribution in [0.2, 0.25) is 0 Å². The van der Waals surface area contributed by atoms with Crippen LogP contribution in [0.5, 0.6) is 0 Å². The average Bonchev–Trinajstić information content (AvgIpc) is 1.87. The minimum absolute atomic E-state index is 0.0240. The van der Waals surface area contributed by atoms with Gasteiger partial charge < -0.3 is 16.2 Å². The molecule has 62 valence electrons. The van der Waals surface area contributed by atoms with Crippen LogP contribution in [0.15, 0.2) is 12.2 Å². The van der Waals surface area contributed by atoms with Gasteiger partial charge in [-0.25, -0.2) is 0 Å². The van der Waals surface area contributed by atoms with Gasteiger partial charge in [-0.15, -0.1) is 0 Å². The Bertz CT molecular complexity index is 188. The molecule has 0 aromatic carbocycles. The molecule has 0 atom stereocenters. The summed E-state index contributed by atoms with van der Waals surface area (Å²) in [6.45, 7) is 2.81. The van der Waals surface area contributed by atoms with Crippen molar-refractivity contribution in [3.05, 3.63) is 12.2 Å². The first-order valence-corrected chi connectivity index (χ1v) is 2.93. The van der Waals surface area contributed by atoms with E-state index in [1.54, 1.807) is 0 Å². The number of nitrogens with two attached hydrogens (primary N) is 1. The molecule has 0 aliphatic rings. The molecule has 0 spiro atoms. The Morgan fingerprint density at radius 1 is 1.55 bits per heavy atom. The highest BCUT2D eigenvalue weighted by Crippen LogP contribution is 1.94. The van der Waals surface area contributed by atoms with Crippen LogP contribution in [-0.2, 0) is 9.59 Å². The van der Waals surface area contributed by atoms with Gasteiger partial charge in [0.2, 0.25) is 11.8 Å². The molecular weight excluding hydrogens is 148 g/mol. The van der Waals surface area contributed by atoms with Crippen LogP contribution in [0.4, 0.5) is 0 Å². The van der Waals surface area contributed by atoms with Crippen molar-refractivity contribution in [2.45, 2.75) is 6.42 Å². The average molecular weight is 158 g/mol. The van der Waals surface area contributed by atoms with Gasteiger partial charge in [-0.05, 0) is 0 Å². The molecule has 2 amide bonds. The number of aliphatic hydroxyl groups is 1. The Hall–Kier alpha value is -1.36. The van der Waals surface area contributed by atoms with Crippen LogP contribution in [0.1, 0.15) is 6.42 Å². The summed E-state index contributed by atoms with van der Waals surface area (Å²) in [5, 5.41) is 10.3. The van der Waals surface area contributed by atoms with Gasteiger partial charge in [-0.3, -0.25) is 9.59 Å². The molecule has 0 heterocycles. The zero-order chi connectivity index (χ0) is 8.85. The number of aliphatic hydroxyl groups excluding tert-OH is 1. The van der Waals surface area contributed by atoms with Crippen LogP contribution < -0.4 is 11.1 Å². The van der Waals surface area contributed by atoms with Crippen LogP contribution in [-0.4, -0.2) is 23.7 Å². The van der Waals surface area contributed by atoms with Gasteiger partial charge in [0.05, 0.1) is 6.42 Å². The first-order valence-electron chi connectivity index (χ1n) is 2.93. The fraction of sp³-hybridized carbons (Fsp3) is 0.333. The Kier molecular flexibility index (Phi) is 3.90. The van der Waals surface area contributed by atoms with Gasteiger partial charge in [0, 0.05) is 5.57 Å². The molecule has 0 fully saturated rings. The quantitative estimate of drug-likeness (QED) is 0.343. The van der Waals surface area contributed by atoms with Gasteiger partial charge in [0.1, 0.15) is 6.73 Å². The summed E-state index contributed by atoms with van der Waals surface area (Å²) < 4.78 is 0. The maximum absolute atomic E-state index is 10.6. The largest absolute Gasteiger partial charge is 0.377 e. The van der Waals surface area contributed by atoms with Crippen molar-refractivity contribution in [3.63, 3.8) is 0 Å². The lowest BCUT2D eigenvalue weighted by Crippen LogP contribution is -2.26. The number of carbonyl (C=O) groups excluding carboxylic acids is 2. The normalized spacial score (nSPS) is 8.82. The van der Waals surface area contributed by atoms with E-state index in [1.165, 1.54) is 0 Å². The monoisotopic (exact) mass is 158 g/mol. The Labute approximate surface area is 63.9 Å². The molecule has 0 saturated carbocycles. The molecule has 0 bridgehead atoms. The second-order valence-electron chi connectivity index (χ2n) is 1.90. The SMILES string of the molecule is C=C(CC(=O)NCO)C(N)=O. The zero-order valence-electron chi connectivity index (χ0n) is 5.96. The van der Waals surface area contributed by atoms with Gasteiger partial charge in [0.25, 0.3) is 0 Å².